The molecule has 3 aromatic rings. The summed E-state index contributed by atoms with van der Waals surface area (Å²) in [6.07, 6.45) is 3.09. The van der Waals surface area contributed by atoms with Crippen molar-refractivity contribution in [1.29, 1.82) is 0 Å². The molecule has 2 heterocycles. The molecule has 0 unspecified atom stereocenters. The lowest BCUT2D eigenvalue weighted by Crippen LogP contribution is -2.12. The number of hydrogen-bond donors (Lipinski definition) is 1. The van der Waals surface area contributed by atoms with E-state index in [4.69, 9.17) is 4.42 Å². The van der Waals surface area contributed by atoms with Crippen LogP contribution in [-0.4, -0.2) is 10.9 Å². The summed E-state index contributed by atoms with van der Waals surface area (Å²) in [6, 6.07) is 10.0. The van der Waals surface area contributed by atoms with Crippen molar-refractivity contribution in [3.05, 3.63) is 70.3 Å². The van der Waals surface area contributed by atoms with Crippen LogP contribution in [0.2, 0.25) is 0 Å². The van der Waals surface area contributed by atoms with Crippen LogP contribution in [0.4, 0.5) is 5.69 Å². The second-order valence-electron chi connectivity index (χ2n) is 4.66. The van der Waals surface area contributed by atoms with E-state index >= 15 is 0 Å². The Balaban J connectivity index is 1.95. The maximum atomic E-state index is 12.0. The molecule has 0 fully saturated rings. The topological polar surface area (TPSA) is 72.2 Å². The first-order valence-corrected chi connectivity index (χ1v) is 6.39. The van der Waals surface area contributed by atoms with Crippen molar-refractivity contribution in [3.8, 4) is 0 Å². The van der Waals surface area contributed by atoms with Gasteiger partial charge in [0.1, 0.15) is 5.58 Å². The molecule has 2 aromatic heterocycles. The quantitative estimate of drug-likeness (QED) is 0.733. The molecule has 21 heavy (non-hydrogen) atoms. The van der Waals surface area contributed by atoms with E-state index in [9.17, 15) is 9.59 Å². The van der Waals surface area contributed by atoms with E-state index in [1.807, 2.05) is 13.0 Å². The van der Waals surface area contributed by atoms with Crippen molar-refractivity contribution in [2.24, 2.45) is 0 Å². The molecule has 1 amide bonds. The SMILES string of the molecule is Cc1cc(=O)oc2cc(NC(=O)c3cccnc3)ccc12. The predicted molar refractivity (Wildman–Crippen MR) is 79.4 cm³/mol. The monoisotopic (exact) mass is 280 g/mol. The third-order valence-corrected chi connectivity index (χ3v) is 3.13. The Morgan fingerprint density at radius 1 is 1.24 bits per heavy atom. The van der Waals surface area contributed by atoms with Crippen molar-refractivity contribution in [1.82, 2.24) is 4.98 Å². The van der Waals surface area contributed by atoms with Gasteiger partial charge in [-0.15, -0.1) is 0 Å². The molecule has 1 N–H and O–H groups in total. The summed E-state index contributed by atoms with van der Waals surface area (Å²) in [5.74, 6) is -0.266. The zero-order valence-corrected chi connectivity index (χ0v) is 11.3. The molecule has 0 saturated heterocycles. The number of carbonyl (C=O) groups excluding carboxylic acids is 1. The smallest absolute Gasteiger partial charge is 0.336 e. The van der Waals surface area contributed by atoms with Gasteiger partial charge in [-0.05, 0) is 36.8 Å². The summed E-state index contributed by atoms with van der Waals surface area (Å²) in [4.78, 5) is 27.3. The van der Waals surface area contributed by atoms with Crippen LogP contribution in [0.1, 0.15) is 15.9 Å². The Bertz CT molecular complexity index is 870. The number of nitrogens with one attached hydrogen (secondary N) is 1. The highest BCUT2D eigenvalue weighted by Gasteiger charge is 2.08. The number of anilines is 1. The fourth-order valence-corrected chi connectivity index (χ4v) is 2.10. The van der Waals surface area contributed by atoms with Gasteiger partial charge in [0.2, 0.25) is 0 Å². The Labute approximate surface area is 120 Å². The van der Waals surface area contributed by atoms with E-state index in [1.165, 1.54) is 12.3 Å². The molecule has 5 heteroatoms. The first-order chi connectivity index (χ1) is 10.1. The molecule has 0 bridgehead atoms. The lowest BCUT2D eigenvalue weighted by molar-refractivity contribution is 0.102. The third kappa shape index (κ3) is 2.67. The van der Waals surface area contributed by atoms with Gasteiger partial charge >= 0.3 is 5.63 Å². The first-order valence-electron chi connectivity index (χ1n) is 6.39. The maximum Gasteiger partial charge on any atom is 0.336 e. The minimum Gasteiger partial charge on any atom is -0.423 e. The van der Waals surface area contributed by atoms with Gasteiger partial charge in [0.15, 0.2) is 0 Å². The molecule has 0 saturated carbocycles. The van der Waals surface area contributed by atoms with Crippen molar-refractivity contribution in [2.75, 3.05) is 5.32 Å². The number of aryl methyl sites for hydroxylation is 1. The number of aromatic nitrogens is 1. The summed E-state index contributed by atoms with van der Waals surface area (Å²) >= 11 is 0. The Hall–Kier alpha value is -2.95. The fraction of sp³-hybridized carbons (Fsp3) is 0.0625. The molecule has 0 radical (unpaired) electrons. The number of hydrogen-bond acceptors (Lipinski definition) is 4. The van der Waals surface area contributed by atoms with Gasteiger partial charge in [0, 0.05) is 35.6 Å². The van der Waals surface area contributed by atoms with Crippen LogP contribution >= 0.6 is 0 Å². The zero-order chi connectivity index (χ0) is 14.8. The predicted octanol–water partition coefficient (Wildman–Crippen LogP) is 2.75. The van der Waals surface area contributed by atoms with E-state index in [0.29, 0.717) is 16.8 Å². The van der Waals surface area contributed by atoms with Gasteiger partial charge in [-0.25, -0.2) is 4.79 Å². The molecule has 0 atom stereocenters. The lowest BCUT2D eigenvalue weighted by Gasteiger charge is -2.06. The van der Waals surface area contributed by atoms with Crippen molar-refractivity contribution >= 4 is 22.6 Å². The number of amides is 1. The molecule has 3 rings (SSSR count). The normalized spacial score (nSPS) is 10.5. The van der Waals surface area contributed by atoms with Gasteiger partial charge in [0.05, 0.1) is 5.56 Å². The molecule has 1 aromatic carbocycles. The zero-order valence-electron chi connectivity index (χ0n) is 11.3. The van der Waals surface area contributed by atoms with Crippen LogP contribution in [0.25, 0.3) is 11.0 Å². The number of carbonyl (C=O) groups is 1. The number of pyridine rings is 1. The van der Waals surface area contributed by atoms with Crippen molar-refractivity contribution < 1.29 is 9.21 Å². The standard InChI is InChI=1S/C16H12N2O3/c1-10-7-15(19)21-14-8-12(4-5-13(10)14)18-16(20)11-3-2-6-17-9-11/h2-9H,1H3,(H,18,20). The van der Waals surface area contributed by atoms with Gasteiger partial charge in [-0.3, -0.25) is 9.78 Å². The highest BCUT2D eigenvalue weighted by molar-refractivity contribution is 6.04. The van der Waals surface area contributed by atoms with E-state index < -0.39 is 5.63 Å². The van der Waals surface area contributed by atoms with Crippen LogP contribution in [0.5, 0.6) is 0 Å². The minimum absolute atomic E-state index is 0.266. The fourth-order valence-electron chi connectivity index (χ4n) is 2.10. The Kier molecular flexibility index (Phi) is 3.23. The lowest BCUT2D eigenvalue weighted by atomic mass is 10.1. The maximum absolute atomic E-state index is 12.0. The molecular weight excluding hydrogens is 268 g/mol. The number of benzene rings is 1. The minimum atomic E-state index is -0.407. The van der Waals surface area contributed by atoms with Gasteiger partial charge < -0.3 is 9.73 Å². The summed E-state index contributed by atoms with van der Waals surface area (Å²) in [6.45, 7) is 1.84. The van der Waals surface area contributed by atoms with Crippen molar-refractivity contribution in [3.63, 3.8) is 0 Å². The van der Waals surface area contributed by atoms with Gasteiger partial charge in [-0.1, -0.05) is 0 Å². The van der Waals surface area contributed by atoms with E-state index in [1.54, 1.807) is 30.5 Å². The summed E-state index contributed by atoms with van der Waals surface area (Å²) in [7, 11) is 0. The second kappa shape index (κ2) is 5.20. The molecule has 0 aliphatic rings. The highest BCUT2D eigenvalue weighted by Crippen LogP contribution is 2.21. The average Bonchev–Trinajstić information content (AvgIpc) is 2.47. The molecule has 0 aliphatic heterocycles. The number of nitrogens with zero attached hydrogens (tertiary/aromatic N) is 1. The van der Waals surface area contributed by atoms with Gasteiger partial charge in [-0.2, -0.15) is 0 Å². The Morgan fingerprint density at radius 2 is 2.10 bits per heavy atom. The van der Waals surface area contributed by atoms with Crippen LogP contribution in [0.3, 0.4) is 0 Å². The van der Waals surface area contributed by atoms with Gasteiger partial charge in [0.25, 0.3) is 5.91 Å². The second-order valence-corrected chi connectivity index (χ2v) is 4.66. The van der Waals surface area contributed by atoms with Crippen molar-refractivity contribution in [2.45, 2.75) is 6.92 Å². The third-order valence-electron chi connectivity index (χ3n) is 3.13. The summed E-state index contributed by atoms with van der Waals surface area (Å²) in [5.41, 5.74) is 1.90. The molecule has 0 aliphatic carbocycles. The average molecular weight is 280 g/mol. The highest BCUT2D eigenvalue weighted by atomic mass is 16.4. The largest absolute Gasteiger partial charge is 0.423 e. The van der Waals surface area contributed by atoms with Crippen LogP contribution in [0.15, 0.2) is 58.0 Å². The number of fused-ring (bicyclic) bond motifs is 1. The Morgan fingerprint density at radius 3 is 2.86 bits per heavy atom. The van der Waals surface area contributed by atoms with E-state index in [-0.39, 0.29) is 5.91 Å². The molecule has 5 nitrogen and oxygen atoms in total. The van der Waals surface area contributed by atoms with Crippen LogP contribution < -0.4 is 10.9 Å². The van der Waals surface area contributed by atoms with E-state index in [2.05, 4.69) is 10.3 Å². The molecular formula is C16H12N2O3. The number of rotatable bonds is 2. The molecule has 104 valence electrons. The van der Waals surface area contributed by atoms with E-state index in [0.717, 1.165) is 10.9 Å². The van der Waals surface area contributed by atoms with Crippen LogP contribution in [-0.2, 0) is 0 Å². The summed E-state index contributed by atoms with van der Waals surface area (Å²) < 4.78 is 5.15. The first kappa shape index (κ1) is 13.1. The summed E-state index contributed by atoms with van der Waals surface area (Å²) in [5, 5.41) is 3.59. The molecule has 0 spiro atoms. The van der Waals surface area contributed by atoms with Crippen LogP contribution in [0, 0.1) is 6.92 Å².